The Hall–Kier alpha value is -1.86. The molecule has 7 nitrogen and oxygen atoms in total. The number of imidazole rings is 1. The maximum Gasteiger partial charge on any atom is 0.330 e. The van der Waals surface area contributed by atoms with Gasteiger partial charge in [-0.1, -0.05) is 0 Å². The van der Waals surface area contributed by atoms with Crippen molar-refractivity contribution < 1.29 is 10.4 Å². The second kappa shape index (κ2) is 3.82. The molecule has 1 saturated carbocycles. The fourth-order valence-corrected chi connectivity index (χ4v) is 2.11. The van der Waals surface area contributed by atoms with Gasteiger partial charge in [-0.05, 0) is 30.9 Å². The van der Waals surface area contributed by atoms with Crippen molar-refractivity contribution in [2.24, 2.45) is 13.0 Å². The quantitative estimate of drug-likeness (QED) is 0.784. The van der Waals surface area contributed by atoms with Gasteiger partial charge in [0.25, 0.3) is 0 Å². The first-order chi connectivity index (χ1) is 8.58. The Bertz CT molecular complexity index is 654. The van der Waals surface area contributed by atoms with Crippen LogP contribution in [-0.2, 0) is 13.6 Å². The van der Waals surface area contributed by atoms with Crippen LogP contribution in [0.2, 0.25) is 0 Å². The van der Waals surface area contributed by atoms with Crippen LogP contribution in [0.4, 0.5) is 5.82 Å². The number of aromatic nitrogens is 3. The molecule has 1 aliphatic rings. The van der Waals surface area contributed by atoms with Gasteiger partial charge in [0.15, 0.2) is 11.5 Å². The van der Waals surface area contributed by atoms with Crippen molar-refractivity contribution >= 4 is 17.0 Å². The van der Waals surface area contributed by atoms with E-state index in [-0.39, 0.29) is 16.7 Å². The summed E-state index contributed by atoms with van der Waals surface area (Å²) in [7, 11) is 1.63. The van der Waals surface area contributed by atoms with Crippen LogP contribution >= 0.6 is 0 Å². The van der Waals surface area contributed by atoms with Crippen molar-refractivity contribution in [3.63, 3.8) is 0 Å². The molecule has 18 heavy (non-hydrogen) atoms. The summed E-state index contributed by atoms with van der Waals surface area (Å²) in [6, 6.07) is 3.14. The van der Waals surface area contributed by atoms with Crippen molar-refractivity contribution in [2.45, 2.75) is 19.4 Å². The van der Waals surface area contributed by atoms with E-state index < -0.39 is 0 Å². The molecule has 2 N–H and O–H groups in total. The molecule has 2 aromatic heterocycles. The summed E-state index contributed by atoms with van der Waals surface area (Å²) in [4.78, 5) is 16.1. The zero-order valence-corrected chi connectivity index (χ0v) is 9.94. The number of fused-ring (bicyclic) bond motifs is 1. The van der Waals surface area contributed by atoms with E-state index in [4.69, 9.17) is 10.4 Å². The third kappa shape index (κ3) is 1.68. The maximum absolute atomic E-state index is 12.1. The molecule has 7 heteroatoms. The maximum atomic E-state index is 12.1. The molecule has 0 aliphatic heterocycles. The first-order valence-electron chi connectivity index (χ1n) is 5.82. The van der Waals surface area contributed by atoms with E-state index in [9.17, 15) is 4.79 Å². The molecule has 0 aromatic carbocycles. The van der Waals surface area contributed by atoms with Crippen LogP contribution in [-0.4, -0.2) is 24.5 Å². The molecule has 0 unspecified atom stereocenters. The minimum absolute atomic E-state index is 0.0123. The Balaban J connectivity index is 2.18. The Labute approximate surface area is 102 Å². The van der Waals surface area contributed by atoms with Crippen LogP contribution in [0, 0.1) is 5.92 Å². The smallest absolute Gasteiger partial charge is 0.290 e. The van der Waals surface area contributed by atoms with Gasteiger partial charge >= 0.3 is 5.69 Å². The van der Waals surface area contributed by atoms with E-state index in [0.29, 0.717) is 18.1 Å². The van der Waals surface area contributed by atoms with Crippen molar-refractivity contribution in [2.75, 3.05) is 5.23 Å². The first-order valence-corrected chi connectivity index (χ1v) is 5.82. The van der Waals surface area contributed by atoms with E-state index in [1.807, 2.05) is 0 Å². The van der Waals surface area contributed by atoms with Crippen LogP contribution in [0.25, 0.3) is 11.2 Å². The number of pyridine rings is 1. The molecule has 0 saturated heterocycles. The van der Waals surface area contributed by atoms with E-state index in [1.165, 1.54) is 10.6 Å². The van der Waals surface area contributed by atoms with Gasteiger partial charge in [-0.3, -0.25) is 19.5 Å². The lowest BCUT2D eigenvalue weighted by Gasteiger charge is -2.06. The highest BCUT2D eigenvalue weighted by Gasteiger charge is 2.24. The third-order valence-corrected chi connectivity index (χ3v) is 3.31. The summed E-state index contributed by atoms with van der Waals surface area (Å²) in [5.41, 5.74) is 1.05. The van der Waals surface area contributed by atoms with E-state index >= 15 is 0 Å². The summed E-state index contributed by atoms with van der Waals surface area (Å²) in [5, 5.41) is 17.8. The second-order valence-electron chi connectivity index (χ2n) is 4.70. The Kier molecular flexibility index (Phi) is 2.39. The number of hydrogen-bond donors (Lipinski definition) is 2. The Morgan fingerprint density at radius 1 is 1.44 bits per heavy atom. The summed E-state index contributed by atoms with van der Waals surface area (Å²) in [6.07, 6.45) is 2.32. The molecule has 2 heterocycles. The number of nitrogens with zero attached hydrogens (tertiary/aromatic N) is 4. The molecule has 1 aliphatic carbocycles. The van der Waals surface area contributed by atoms with Gasteiger partial charge in [-0.15, -0.1) is 5.23 Å². The lowest BCUT2D eigenvalue weighted by atomic mass is 10.3. The summed E-state index contributed by atoms with van der Waals surface area (Å²) >= 11 is 0. The molecule has 2 aromatic rings. The minimum Gasteiger partial charge on any atom is -0.290 e. The number of anilines is 1. The molecule has 3 rings (SSSR count). The zero-order chi connectivity index (χ0) is 12.9. The summed E-state index contributed by atoms with van der Waals surface area (Å²) in [5.74, 6) is 0.571. The Morgan fingerprint density at radius 2 is 2.17 bits per heavy atom. The first kappa shape index (κ1) is 11.2. The molecule has 96 valence electrons. The van der Waals surface area contributed by atoms with Crippen molar-refractivity contribution in [1.29, 1.82) is 0 Å². The number of rotatable bonds is 3. The lowest BCUT2D eigenvalue weighted by molar-refractivity contribution is 0.0269. The molecular weight excluding hydrogens is 236 g/mol. The molecule has 0 bridgehead atoms. The highest BCUT2D eigenvalue weighted by atomic mass is 16.8. The molecule has 0 spiro atoms. The molecule has 0 atom stereocenters. The fraction of sp³-hybridized carbons (Fsp3) is 0.455. The molecule has 1 fully saturated rings. The van der Waals surface area contributed by atoms with Crippen molar-refractivity contribution in [3.8, 4) is 0 Å². The van der Waals surface area contributed by atoms with Gasteiger partial charge in [0, 0.05) is 13.6 Å². The number of aryl methyl sites for hydroxylation is 1. The predicted octanol–water partition coefficient (Wildman–Crippen LogP) is 0.730. The largest absolute Gasteiger partial charge is 0.330 e. The van der Waals surface area contributed by atoms with Gasteiger partial charge in [0.2, 0.25) is 0 Å². The van der Waals surface area contributed by atoms with E-state index in [1.54, 1.807) is 17.7 Å². The monoisotopic (exact) mass is 250 g/mol. The lowest BCUT2D eigenvalue weighted by Crippen LogP contribution is -2.23. The number of hydrogen-bond acceptors (Lipinski definition) is 5. The van der Waals surface area contributed by atoms with Gasteiger partial charge in [0.05, 0.1) is 5.52 Å². The molecule has 0 radical (unpaired) electrons. The molecule has 0 amide bonds. The van der Waals surface area contributed by atoms with Gasteiger partial charge in [-0.25, -0.2) is 9.78 Å². The average Bonchev–Trinajstić information content (AvgIpc) is 3.13. The normalized spacial score (nSPS) is 15.3. The fourth-order valence-electron chi connectivity index (χ4n) is 2.11. The van der Waals surface area contributed by atoms with Gasteiger partial charge in [-0.2, -0.15) is 0 Å². The van der Waals surface area contributed by atoms with E-state index in [2.05, 4.69) is 4.98 Å². The van der Waals surface area contributed by atoms with Crippen LogP contribution in [0.3, 0.4) is 0 Å². The topological polar surface area (TPSA) is 83.5 Å². The Morgan fingerprint density at radius 3 is 2.78 bits per heavy atom. The highest BCUT2D eigenvalue weighted by Crippen LogP contribution is 2.31. The van der Waals surface area contributed by atoms with Gasteiger partial charge < -0.3 is 0 Å². The predicted molar refractivity (Wildman–Crippen MR) is 63.8 cm³/mol. The summed E-state index contributed by atoms with van der Waals surface area (Å²) < 4.78 is 3.12. The van der Waals surface area contributed by atoms with Crippen LogP contribution in [0.1, 0.15) is 12.8 Å². The second-order valence-corrected chi connectivity index (χ2v) is 4.70. The van der Waals surface area contributed by atoms with Crippen LogP contribution < -0.4 is 10.9 Å². The highest BCUT2D eigenvalue weighted by molar-refractivity contribution is 5.73. The van der Waals surface area contributed by atoms with Crippen LogP contribution in [0.5, 0.6) is 0 Å². The van der Waals surface area contributed by atoms with E-state index in [0.717, 1.165) is 18.4 Å². The molecular formula is C11H14N4O3. The standard InChI is InChI=1S/C11H14N4O3/c1-13-10-8(4-5-9(12-10)15(17)18)14(11(13)16)6-7-2-3-7/h4-5,7,17-18H,2-3,6H2,1H3. The SMILES string of the molecule is Cn1c(=O)n(CC2CC2)c2ccc(N(O)O)nc21. The van der Waals surface area contributed by atoms with Crippen molar-refractivity contribution in [3.05, 3.63) is 22.6 Å². The van der Waals surface area contributed by atoms with Gasteiger partial charge in [0.1, 0.15) is 0 Å². The average molecular weight is 250 g/mol. The summed E-state index contributed by atoms with van der Waals surface area (Å²) in [6.45, 7) is 0.708. The zero-order valence-electron chi connectivity index (χ0n) is 9.94. The third-order valence-electron chi connectivity index (χ3n) is 3.31. The van der Waals surface area contributed by atoms with Crippen molar-refractivity contribution in [1.82, 2.24) is 14.1 Å². The van der Waals surface area contributed by atoms with Crippen LogP contribution in [0.15, 0.2) is 16.9 Å². The minimum atomic E-state index is -0.121.